The third kappa shape index (κ3) is 3.63. The van der Waals surface area contributed by atoms with Crippen molar-refractivity contribution in [3.05, 3.63) is 0 Å². The molecule has 0 saturated heterocycles. The summed E-state index contributed by atoms with van der Waals surface area (Å²) in [5, 5.41) is 9.05. The van der Waals surface area contributed by atoms with Crippen molar-refractivity contribution in [2.45, 2.75) is 44.1 Å². The van der Waals surface area contributed by atoms with E-state index in [0.29, 0.717) is 5.75 Å². The zero-order valence-electron chi connectivity index (χ0n) is 10.6. The van der Waals surface area contributed by atoms with Gasteiger partial charge >= 0.3 is 5.97 Å². The maximum atomic E-state index is 11.9. The Balaban J connectivity index is 2.80. The van der Waals surface area contributed by atoms with E-state index in [-0.39, 0.29) is 12.3 Å². The van der Waals surface area contributed by atoms with Gasteiger partial charge in [0.25, 0.3) is 0 Å². The molecule has 0 aromatic heterocycles. The van der Waals surface area contributed by atoms with E-state index >= 15 is 0 Å². The minimum Gasteiger partial charge on any atom is -0.481 e. The summed E-state index contributed by atoms with van der Waals surface area (Å²) >= 11 is 1.48. The number of amides is 1. The number of nitrogens with zero attached hydrogens (tertiary/aromatic N) is 1. The molecule has 0 heterocycles. The van der Waals surface area contributed by atoms with Gasteiger partial charge in [-0.05, 0) is 19.1 Å². The summed E-state index contributed by atoms with van der Waals surface area (Å²) in [5.41, 5.74) is -0.448. The molecule has 1 fully saturated rings. The van der Waals surface area contributed by atoms with Crippen molar-refractivity contribution in [2.24, 2.45) is 0 Å². The van der Waals surface area contributed by atoms with E-state index in [2.05, 4.69) is 0 Å². The highest BCUT2D eigenvalue weighted by atomic mass is 32.2. The second kappa shape index (κ2) is 6.28. The van der Waals surface area contributed by atoms with Crippen molar-refractivity contribution >= 4 is 23.6 Å². The fourth-order valence-electron chi connectivity index (χ4n) is 2.61. The number of rotatable bonds is 5. The van der Waals surface area contributed by atoms with Crippen LogP contribution < -0.4 is 0 Å². The Hall–Kier alpha value is -0.710. The van der Waals surface area contributed by atoms with Crippen LogP contribution in [0.25, 0.3) is 0 Å². The Kier molecular flexibility index (Phi) is 5.31. The molecular weight excluding hydrogens is 238 g/mol. The van der Waals surface area contributed by atoms with Crippen LogP contribution in [-0.4, -0.2) is 46.5 Å². The van der Waals surface area contributed by atoms with Gasteiger partial charge in [-0.15, -0.1) is 0 Å². The quantitative estimate of drug-likeness (QED) is 0.820. The molecule has 0 unspecified atom stereocenters. The maximum absolute atomic E-state index is 11.9. The van der Waals surface area contributed by atoms with Gasteiger partial charge in [0.1, 0.15) is 0 Å². The normalized spacial score (nSPS) is 18.7. The maximum Gasteiger partial charge on any atom is 0.305 e. The number of carboxylic acid groups (broad SMARTS) is 1. The van der Waals surface area contributed by atoms with Crippen LogP contribution in [0.3, 0.4) is 0 Å². The third-order valence-electron chi connectivity index (χ3n) is 3.62. The van der Waals surface area contributed by atoms with Crippen LogP contribution in [0.5, 0.6) is 0 Å². The van der Waals surface area contributed by atoms with Crippen LogP contribution in [-0.2, 0) is 9.59 Å². The Morgan fingerprint density at radius 2 is 1.88 bits per heavy atom. The molecule has 4 nitrogen and oxygen atoms in total. The highest BCUT2D eigenvalue weighted by Crippen LogP contribution is 2.36. The van der Waals surface area contributed by atoms with E-state index < -0.39 is 11.5 Å². The van der Waals surface area contributed by atoms with E-state index in [4.69, 9.17) is 5.11 Å². The molecule has 1 N–H and O–H groups in total. The van der Waals surface area contributed by atoms with Gasteiger partial charge < -0.3 is 10.0 Å². The molecule has 1 aliphatic carbocycles. The number of carbonyl (C=O) groups is 2. The summed E-state index contributed by atoms with van der Waals surface area (Å²) in [6.07, 6.45) is 6.77. The van der Waals surface area contributed by atoms with E-state index in [1.807, 2.05) is 6.26 Å². The molecule has 0 radical (unpaired) electrons. The van der Waals surface area contributed by atoms with Crippen molar-refractivity contribution in [3.8, 4) is 0 Å². The van der Waals surface area contributed by atoms with Crippen LogP contribution >= 0.6 is 11.8 Å². The number of hydrogen-bond donors (Lipinski definition) is 1. The summed E-state index contributed by atoms with van der Waals surface area (Å²) in [6.45, 7) is 0. The molecule has 5 heteroatoms. The largest absolute Gasteiger partial charge is 0.481 e. The lowest BCUT2D eigenvalue weighted by atomic mass is 9.78. The molecule has 17 heavy (non-hydrogen) atoms. The number of thioether (sulfide) groups is 1. The van der Waals surface area contributed by atoms with E-state index in [0.717, 1.165) is 32.1 Å². The predicted molar refractivity (Wildman–Crippen MR) is 69.2 cm³/mol. The number of carboxylic acids is 1. The number of aliphatic carboxylic acids is 1. The molecule has 1 amide bonds. The minimum absolute atomic E-state index is 0.0423. The van der Waals surface area contributed by atoms with Crippen molar-refractivity contribution < 1.29 is 14.7 Å². The summed E-state index contributed by atoms with van der Waals surface area (Å²) in [5.74, 6) is -0.339. The lowest BCUT2D eigenvalue weighted by Crippen LogP contribution is -2.52. The summed E-state index contributed by atoms with van der Waals surface area (Å²) in [7, 11) is 1.76. The molecular formula is C12H21NO3S. The highest BCUT2D eigenvalue weighted by molar-refractivity contribution is 7.99. The van der Waals surface area contributed by atoms with Crippen molar-refractivity contribution in [1.29, 1.82) is 0 Å². The zero-order valence-corrected chi connectivity index (χ0v) is 11.4. The lowest BCUT2D eigenvalue weighted by molar-refractivity contribution is -0.144. The van der Waals surface area contributed by atoms with Crippen LogP contribution in [0.1, 0.15) is 38.5 Å². The summed E-state index contributed by atoms with van der Waals surface area (Å²) < 4.78 is 0. The molecule has 0 aromatic carbocycles. The van der Waals surface area contributed by atoms with Crippen LogP contribution in [0.15, 0.2) is 0 Å². The Bertz CT molecular complexity index is 287. The SMILES string of the molecule is CSCC(=O)N(C)C1(CC(=O)O)CCCCC1. The van der Waals surface area contributed by atoms with Gasteiger partial charge in [0, 0.05) is 7.05 Å². The van der Waals surface area contributed by atoms with Crippen molar-refractivity contribution in [2.75, 3.05) is 19.1 Å². The molecule has 0 atom stereocenters. The van der Waals surface area contributed by atoms with Gasteiger partial charge in [-0.2, -0.15) is 11.8 Å². The number of hydrogen-bond acceptors (Lipinski definition) is 3. The average Bonchev–Trinajstić information content (AvgIpc) is 2.28. The Labute approximate surface area is 107 Å². The lowest BCUT2D eigenvalue weighted by Gasteiger charge is -2.43. The van der Waals surface area contributed by atoms with Crippen molar-refractivity contribution in [3.63, 3.8) is 0 Å². The van der Waals surface area contributed by atoms with Crippen LogP contribution in [0, 0.1) is 0 Å². The van der Waals surface area contributed by atoms with Crippen LogP contribution in [0.4, 0.5) is 0 Å². The predicted octanol–water partition coefficient (Wildman–Crippen LogP) is 1.99. The first kappa shape index (κ1) is 14.4. The average molecular weight is 259 g/mol. The second-order valence-electron chi connectivity index (χ2n) is 4.74. The molecule has 0 aromatic rings. The summed E-state index contributed by atoms with van der Waals surface area (Å²) in [4.78, 5) is 24.6. The first-order valence-electron chi connectivity index (χ1n) is 5.99. The Morgan fingerprint density at radius 1 is 1.29 bits per heavy atom. The monoisotopic (exact) mass is 259 g/mol. The molecule has 98 valence electrons. The molecule has 1 aliphatic rings. The zero-order chi connectivity index (χ0) is 12.9. The number of carbonyl (C=O) groups excluding carboxylic acids is 1. The van der Waals surface area contributed by atoms with Gasteiger partial charge in [0.15, 0.2) is 0 Å². The first-order valence-corrected chi connectivity index (χ1v) is 7.38. The standard InChI is InChI=1S/C12H21NO3S/c1-13(10(14)9-17-2)12(8-11(15)16)6-4-3-5-7-12/h3-9H2,1-2H3,(H,15,16). The molecule has 0 aliphatic heterocycles. The molecule has 1 rings (SSSR count). The fraction of sp³-hybridized carbons (Fsp3) is 0.833. The van der Waals surface area contributed by atoms with Gasteiger partial charge in [-0.25, -0.2) is 0 Å². The third-order valence-corrected chi connectivity index (χ3v) is 4.15. The molecule has 0 bridgehead atoms. The summed E-state index contributed by atoms with van der Waals surface area (Å²) in [6, 6.07) is 0. The van der Waals surface area contributed by atoms with Gasteiger partial charge in [0.2, 0.25) is 5.91 Å². The molecule has 1 saturated carbocycles. The fourth-order valence-corrected chi connectivity index (χ4v) is 3.05. The minimum atomic E-state index is -0.810. The van der Waals surface area contributed by atoms with Gasteiger partial charge in [-0.3, -0.25) is 9.59 Å². The Morgan fingerprint density at radius 3 is 2.35 bits per heavy atom. The van der Waals surface area contributed by atoms with E-state index in [1.54, 1.807) is 11.9 Å². The van der Waals surface area contributed by atoms with E-state index in [1.165, 1.54) is 11.8 Å². The smallest absolute Gasteiger partial charge is 0.305 e. The van der Waals surface area contributed by atoms with Crippen LogP contribution in [0.2, 0.25) is 0 Å². The van der Waals surface area contributed by atoms with Crippen molar-refractivity contribution in [1.82, 2.24) is 4.90 Å². The van der Waals surface area contributed by atoms with Gasteiger partial charge in [-0.1, -0.05) is 19.3 Å². The topological polar surface area (TPSA) is 57.6 Å². The molecule has 0 spiro atoms. The highest BCUT2D eigenvalue weighted by Gasteiger charge is 2.40. The second-order valence-corrected chi connectivity index (χ2v) is 5.61. The van der Waals surface area contributed by atoms with Gasteiger partial charge in [0.05, 0.1) is 17.7 Å². The first-order chi connectivity index (χ1) is 8.02. The van der Waals surface area contributed by atoms with E-state index in [9.17, 15) is 9.59 Å².